The van der Waals surface area contributed by atoms with Crippen LogP contribution >= 0.6 is 0 Å². The number of hydrogen-bond acceptors (Lipinski definition) is 3. The van der Waals surface area contributed by atoms with Gasteiger partial charge in [-0.2, -0.15) is 17.5 Å². The van der Waals surface area contributed by atoms with E-state index in [1.54, 1.807) is 7.05 Å². The molecule has 1 N–H and O–H groups in total. The van der Waals surface area contributed by atoms with E-state index in [2.05, 4.69) is 5.32 Å². The zero-order valence-corrected chi connectivity index (χ0v) is 17.3. The van der Waals surface area contributed by atoms with Crippen LogP contribution in [0.2, 0.25) is 0 Å². The lowest BCUT2D eigenvalue weighted by Crippen LogP contribution is -2.38. The van der Waals surface area contributed by atoms with Gasteiger partial charge in [0.1, 0.15) is 0 Å². The fourth-order valence-electron chi connectivity index (χ4n) is 3.64. The van der Waals surface area contributed by atoms with Gasteiger partial charge in [-0.15, -0.1) is 0 Å². The van der Waals surface area contributed by atoms with E-state index in [1.807, 2.05) is 0 Å². The first-order valence-corrected chi connectivity index (χ1v) is 11.1. The summed E-state index contributed by atoms with van der Waals surface area (Å²) in [5, 5.41) is 2.39. The molecule has 0 unspecified atom stereocenters. The van der Waals surface area contributed by atoms with Crippen LogP contribution in [0.5, 0.6) is 0 Å². The Balaban J connectivity index is 1.76. The van der Waals surface area contributed by atoms with Gasteiger partial charge in [-0.25, -0.2) is 8.42 Å². The molecule has 1 amide bonds. The quantitative estimate of drug-likeness (QED) is 0.718. The van der Waals surface area contributed by atoms with Gasteiger partial charge in [0.15, 0.2) is 0 Å². The van der Waals surface area contributed by atoms with Crippen molar-refractivity contribution in [2.75, 3.05) is 12.4 Å². The van der Waals surface area contributed by atoms with E-state index in [0.29, 0.717) is 0 Å². The molecule has 1 saturated carbocycles. The van der Waals surface area contributed by atoms with Gasteiger partial charge in [-0.05, 0) is 49.2 Å². The smallest absolute Gasteiger partial charge is 0.322 e. The van der Waals surface area contributed by atoms with Gasteiger partial charge >= 0.3 is 6.18 Å². The van der Waals surface area contributed by atoms with Gasteiger partial charge in [0, 0.05) is 18.8 Å². The van der Waals surface area contributed by atoms with Crippen molar-refractivity contribution in [3.63, 3.8) is 0 Å². The SMILES string of the molecule is CN(C1CCCCC1)S(=O)(=O)c1ccc(NC(=O)c2ccccc2C(F)(F)F)cc1. The van der Waals surface area contributed by atoms with Crippen LogP contribution in [0.25, 0.3) is 0 Å². The second kappa shape index (κ2) is 8.77. The summed E-state index contributed by atoms with van der Waals surface area (Å²) in [6, 6.07) is 9.89. The molecular weight excluding hydrogens is 417 g/mol. The highest BCUT2D eigenvalue weighted by molar-refractivity contribution is 7.89. The zero-order chi connectivity index (χ0) is 21.9. The first-order valence-electron chi connectivity index (χ1n) is 9.66. The number of alkyl halides is 3. The summed E-state index contributed by atoms with van der Waals surface area (Å²) >= 11 is 0. The van der Waals surface area contributed by atoms with Crippen molar-refractivity contribution in [3.05, 3.63) is 59.7 Å². The average Bonchev–Trinajstić information content (AvgIpc) is 2.73. The molecule has 0 aliphatic heterocycles. The van der Waals surface area contributed by atoms with Crippen LogP contribution < -0.4 is 5.32 Å². The molecule has 2 aromatic rings. The lowest BCUT2D eigenvalue weighted by molar-refractivity contribution is -0.137. The third kappa shape index (κ3) is 4.84. The highest BCUT2D eigenvalue weighted by atomic mass is 32.2. The van der Waals surface area contributed by atoms with Crippen LogP contribution in [-0.2, 0) is 16.2 Å². The standard InChI is InChI=1S/C21H23F3N2O3S/c1-26(16-7-3-2-4-8-16)30(28,29)17-13-11-15(12-14-17)25-20(27)18-9-5-6-10-19(18)21(22,23)24/h5-6,9-14,16H,2-4,7-8H2,1H3,(H,25,27). The van der Waals surface area contributed by atoms with Gasteiger partial charge in [0.2, 0.25) is 10.0 Å². The minimum Gasteiger partial charge on any atom is -0.322 e. The van der Waals surface area contributed by atoms with E-state index < -0.39 is 33.2 Å². The summed E-state index contributed by atoms with van der Waals surface area (Å²) < 4.78 is 66.4. The maximum Gasteiger partial charge on any atom is 0.417 e. The molecule has 9 heteroatoms. The second-order valence-corrected chi connectivity index (χ2v) is 9.33. The van der Waals surface area contributed by atoms with Crippen molar-refractivity contribution in [2.45, 2.75) is 49.2 Å². The molecule has 1 aliphatic rings. The van der Waals surface area contributed by atoms with Crippen LogP contribution in [0, 0.1) is 0 Å². The molecule has 0 radical (unpaired) electrons. The molecule has 5 nitrogen and oxygen atoms in total. The summed E-state index contributed by atoms with van der Waals surface area (Å²) in [6.45, 7) is 0. The third-order valence-electron chi connectivity index (χ3n) is 5.36. The summed E-state index contributed by atoms with van der Waals surface area (Å²) in [4.78, 5) is 12.4. The average molecular weight is 440 g/mol. The minimum absolute atomic E-state index is 0.0398. The van der Waals surface area contributed by atoms with Gasteiger partial charge in [-0.1, -0.05) is 31.4 Å². The number of amides is 1. The summed E-state index contributed by atoms with van der Waals surface area (Å²) in [5.41, 5.74) is -1.33. The number of anilines is 1. The largest absolute Gasteiger partial charge is 0.417 e. The van der Waals surface area contributed by atoms with Crippen molar-refractivity contribution in [1.82, 2.24) is 4.31 Å². The van der Waals surface area contributed by atoms with Gasteiger partial charge in [-0.3, -0.25) is 4.79 Å². The van der Waals surface area contributed by atoms with Crippen LogP contribution in [0.1, 0.15) is 48.0 Å². The predicted octanol–water partition coefficient (Wildman–Crippen LogP) is 4.91. The van der Waals surface area contributed by atoms with Gasteiger partial charge < -0.3 is 5.32 Å². The molecule has 0 heterocycles. The molecule has 0 saturated heterocycles. The fourth-order valence-corrected chi connectivity index (χ4v) is 5.06. The van der Waals surface area contributed by atoms with E-state index in [1.165, 1.54) is 40.7 Å². The fraction of sp³-hybridized carbons (Fsp3) is 0.381. The third-order valence-corrected chi connectivity index (χ3v) is 7.28. The Morgan fingerprint density at radius 3 is 2.20 bits per heavy atom. The Kier molecular flexibility index (Phi) is 6.52. The lowest BCUT2D eigenvalue weighted by Gasteiger charge is -2.30. The number of nitrogens with zero attached hydrogens (tertiary/aromatic N) is 1. The first kappa shape index (κ1) is 22.3. The monoisotopic (exact) mass is 440 g/mol. The normalized spacial score (nSPS) is 15.9. The summed E-state index contributed by atoms with van der Waals surface area (Å²) in [5.74, 6) is -0.919. The van der Waals surface area contributed by atoms with E-state index in [9.17, 15) is 26.4 Å². The molecule has 2 aromatic carbocycles. The Bertz CT molecular complexity index is 999. The number of nitrogens with one attached hydrogen (secondary N) is 1. The van der Waals surface area contributed by atoms with Crippen molar-refractivity contribution in [2.24, 2.45) is 0 Å². The van der Waals surface area contributed by atoms with E-state index in [0.717, 1.165) is 44.2 Å². The van der Waals surface area contributed by atoms with E-state index in [4.69, 9.17) is 0 Å². The number of carbonyl (C=O) groups is 1. The molecule has 0 atom stereocenters. The highest BCUT2D eigenvalue weighted by Gasteiger charge is 2.35. The van der Waals surface area contributed by atoms with Gasteiger partial charge in [0.25, 0.3) is 5.91 Å². The first-order chi connectivity index (χ1) is 14.1. The van der Waals surface area contributed by atoms with Crippen molar-refractivity contribution < 1.29 is 26.4 Å². The lowest BCUT2D eigenvalue weighted by atomic mass is 9.96. The van der Waals surface area contributed by atoms with Gasteiger partial charge in [0.05, 0.1) is 16.0 Å². The molecule has 162 valence electrons. The maximum absolute atomic E-state index is 13.1. The molecule has 1 aliphatic carbocycles. The molecule has 30 heavy (non-hydrogen) atoms. The summed E-state index contributed by atoms with van der Waals surface area (Å²) in [6.07, 6.45) is 0.0839. The molecule has 3 rings (SSSR count). The maximum atomic E-state index is 13.1. The number of benzene rings is 2. The minimum atomic E-state index is -4.66. The molecular formula is C21H23F3N2O3S. The molecule has 0 spiro atoms. The molecule has 0 aromatic heterocycles. The van der Waals surface area contributed by atoms with Crippen LogP contribution in [-0.4, -0.2) is 31.7 Å². The zero-order valence-electron chi connectivity index (χ0n) is 16.4. The number of carbonyl (C=O) groups excluding carboxylic acids is 1. The Hall–Kier alpha value is -2.39. The Morgan fingerprint density at radius 2 is 1.60 bits per heavy atom. The Labute approximate surface area is 173 Å². The number of rotatable bonds is 5. The molecule has 0 bridgehead atoms. The van der Waals surface area contributed by atoms with Crippen molar-refractivity contribution >= 4 is 21.6 Å². The van der Waals surface area contributed by atoms with Crippen molar-refractivity contribution in [3.8, 4) is 0 Å². The van der Waals surface area contributed by atoms with E-state index in [-0.39, 0.29) is 16.6 Å². The second-order valence-electron chi connectivity index (χ2n) is 7.33. The molecule has 1 fully saturated rings. The van der Waals surface area contributed by atoms with Crippen LogP contribution in [0.4, 0.5) is 18.9 Å². The van der Waals surface area contributed by atoms with Crippen LogP contribution in [0.15, 0.2) is 53.4 Å². The Morgan fingerprint density at radius 1 is 1.00 bits per heavy atom. The topological polar surface area (TPSA) is 66.5 Å². The van der Waals surface area contributed by atoms with Crippen molar-refractivity contribution in [1.29, 1.82) is 0 Å². The number of halogens is 3. The van der Waals surface area contributed by atoms with E-state index >= 15 is 0 Å². The predicted molar refractivity (Wildman–Crippen MR) is 108 cm³/mol. The summed E-state index contributed by atoms with van der Waals surface area (Å²) in [7, 11) is -2.13. The number of hydrogen-bond donors (Lipinski definition) is 1. The van der Waals surface area contributed by atoms with Crippen LogP contribution in [0.3, 0.4) is 0 Å². The number of sulfonamides is 1. The highest BCUT2D eigenvalue weighted by Crippen LogP contribution is 2.32.